The number of halogens is 1. The molecule has 0 aliphatic rings. The summed E-state index contributed by atoms with van der Waals surface area (Å²) in [5, 5.41) is 3.49. The van der Waals surface area contributed by atoms with E-state index in [1.807, 2.05) is 0 Å². The fourth-order valence-electron chi connectivity index (χ4n) is 1.83. The van der Waals surface area contributed by atoms with Crippen LogP contribution in [0.1, 0.15) is 25.0 Å². The number of hydrogen-bond acceptors (Lipinski definition) is 2. The second-order valence-corrected chi connectivity index (χ2v) is 5.14. The number of aryl methyl sites for hydroxylation is 1. The van der Waals surface area contributed by atoms with Crippen LogP contribution >= 0.6 is 15.9 Å². The number of benzene rings is 1. The smallest absolute Gasteiger partial charge is 0.0206 e. The summed E-state index contributed by atoms with van der Waals surface area (Å²) in [4.78, 5) is 2.43. The highest BCUT2D eigenvalue weighted by atomic mass is 79.9. The van der Waals surface area contributed by atoms with E-state index in [-0.39, 0.29) is 0 Å². The van der Waals surface area contributed by atoms with E-state index in [1.165, 1.54) is 15.6 Å². The Kier molecular flexibility index (Phi) is 6.78. The minimum atomic E-state index is 0.954. The molecule has 17 heavy (non-hydrogen) atoms. The Morgan fingerprint density at radius 3 is 2.53 bits per heavy atom. The standard InChI is InChI=1S/C14H23BrN2/c1-4-17(5-2)9-8-16-11-13-6-7-14(15)12(3)10-13/h6-7,10,16H,4-5,8-9,11H2,1-3H3. The van der Waals surface area contributed by atoms with Crippen LogP contribution in [0.2, 0.25) is 0 Å². The van der Waals surface area contributed by atoms with Gasteiger partial charge in [0.25, 0.3) is 0 Å². The van der Waals surface area contributed by atoms with Gasteiger partial charge < -0.3 is 10.2 Å². The van der Waals surface area contributed by atoms with Crippen molar-refractivity contribution in [2.75, 3.05) is 26.2 Å². The molecule has 1 rings (SSSR count). The van der Waals surface area contributed by atoms with Crippen molar-refractivity contribution in [3.8, 4) is 0 Å². The van der Waals surface area contributed by atoms with Gasteiger partial charge in [-0.05, 0) is 37.2 Å². The van der Waals surface area contributed by atoms with Gasteiger partial charge >= 0.3 is 0 Å². The summed E-state index contributed by atoms with van der Waals surface area (Å²) in [6.45, 7) is 12.0. The van der Waals surface area contributed by atoms with Gasteiger partial charge in [-0.3, -0.25) is 0 Å². The molecule has 0 unspecified atom stereocenters. The summed E-state index contributed by atoms with van der Waals surface area (Å²) in [5.41, 5.74) is 2.65. The molecule has 0 aromatic heterocycles. The van der Waals surface area contributed by atoms with Crippen molar-refractivity contribution in [2.24, 2.45) is 0 Å². The maximum atomic E-state index is 3.52. The molecule has 0 fully saturated rings. The number of nitrogens with one attached hydrogen (secondary N) is 1. The number of rotatable bonds is 7. The zero-order chi connectivity index (χ0) is 12.7. The van der Waals surface area contributed by atoms with E-state index >= 15 is 0 Å². The topological polar surface area (TPSA) is 15.3 Å². The first-order valence-electron chi connectivity index (χ1n) is 6.35. The van der Waals surface area contributed by atoms with Gasteiger partial charge in [0.1, 0.15) is 0 Å². The minimum Gasteiger partial charge on any atom is -0.311 e. The first-order valence-corrected chi connectivity index (χ1v) is 7.14. The Balaban J connectivity index is 2.28. The zero-order valence-electron chi connectivity index (χ0n) is 11.1. The molecule has 0 spiro atoms. The van der Waals surface area contributed by atoms with E-state index in [0.29, 0.717) is 0 Å². The van der Waals surface area contributed by atoms with Crippen LogP contribution in [0.4, 0.5) is 0 Å². The molecule has 0 amide bonds. The fourth-order valence-corrected chi connectivity index (χ4v) is 2.07. The Bertz CT molecular complexity index is 335. The molecule has 0 bridgehead atoms. The lowest BCUT2D eigenvalue weighted by Crippen LogP contribution is -2.31. The van der Waals surface area contributed by atoms with Gasteiger partial charge in [-0.1, -0.05) is 41.9 Å². The second-order valence-electron chi connectivity index (χ2n) is 4.29. The summed E-state index contributed by atoms with van der Waals surface area (Å²) in [6.07, 6.45) is 0. The Morgan fingerprint density at radius 2 is 1.94 bits per heavy atom. The number of likely N-dealkylation sites (N-methyl/N-ethyl adjacent to an activating group) is 1. The summed E-state index contributed by atoms with van der Waals surface area (Å²) in [6, 6.07) is 6.52. The van der Waals surface area contributed by atoms with Crippen molar-refractivity contribution in [1.82, 2.24) is 10.2 Å². The molecule has 0 aliphatic carbocycles. The van der Waals surface area contributed by atoms with E-state index < -0.39 is 0 Å². The Morgan fingerprint density at radius 1 is 1.24 bits per heavy atom. The average Bonchev–Trinajstić information content (AvgIpc) is 2.34. The summed E-state index contributed by atoms with van der Waals surface area (Å²) >= 11 is 3.52. The highest BCUT2D eigenvalue weighted by molar-refractivity contribution is 9.10. The summed E-state index contributed by atoms with van der Waals surface area (Å²) < 4.78 is 1.18. The van der Waals surface area contributed by atoms with Crippen molar-refractivity contribution in [2.45, 2.75) is 27.3 Å². The Hall–Kier alpha value is -0.380. The van der Waals surface area contributed by atoms with Crippen molar-refractivity contribution >= 4 is 15.9 Å². The minimum absolute atomic E-state index is 0.954. The lowest BCUT2D eigenvalue weighted by molar-refractivity contribution is 0.302. The van der Waals surface area contributed by atoms with Gasteiger partial charge in [0.15, 0.2) is 0 Å². The van der Waals surface area contributed by atoms with E-state index in [1.54, 1.807) is 0 Å². The van der Waals surface area contributed by atoms with Gasteiger partial charge in [0, 0.05) is 24.1 Å². The molecule has 0 saturated heterocycles. The molecule has 0 radical (unpaired) electrons. The van der Waals surface area contributed by atoms with Gasteiger partial charge in [-0.2, -0.15) is 0 Å². The largest absolute Gasteiger partial charge is 0.311 e. The predicted octanol–water partition coefficient (Wildman–Crippen LogP) is 3.19. The second kappa shape index (κ2) is 7.85. The lowest BCUT2D eigenvalue weighted by atomic mass is 10.1. The first kappa shape index (κ1) is 14.7. The molecule has 1 N–H and O–H groups in total. The molecule has 0 atom stereocenters. The predicted molar refractivity (Wildman–Crippen MR) is 78.4 cm³/mol. The fraction of sp³-hybridized carbons (Fsp3) is 0.571. The van der Waals surface area contributed by atoms with Crippen molar-refractivity contribution in [1.29, 1.82) is 0 Å². The van der Waals surface area contributed by atoms with E-state index in [4.69, 9.17) is 0 Å². The molecule has 0 saturated carbocycles. The SMILES string of the molecule is CCN(CC)CCNCc1ccc(Br)c(C)c1. The van der Waals surface area contributed by atoms with Crippen LogP contribution in [-0.4, -0.2) is 31.1 Å². The maximum Gasteiger partial charge on any atom is 0.0206 e. The quantitative estimate of drug-likeness (QED) is 0.778. The van der Waals surface area contributed by atoms with Crippen LogP contribution in [0.15, 0.2) is 22.7 Å². The van der Waals surface area contributed by atoms with Crippen LogP contribution < -0.4 is 5.32 Å². The third-order valence-electron chi connectivity index (χ3n) is 3.05. The van der Waals surface area contributed by atoms with Gasteiger partial charge in [0.05, 0.1) is 0 Å². The van der Waals surface area contributed by atoms with Crippen molar-refractivity contribution < 1.29 is 0 Å². The highest BCUT2D eigenvalue weighted by Gasteiger charge is 1.99. The molecule has 0 aliphatic heterocycles. The zero-order valence-corrected chi connectivity index (χ0v) is 12.7. The molecular weight excluding hydrogens is 276 g/mol. The van der Waals surface area contributed by atoms with E-state index in [9.17, 15) is 0 Å². The van der Waals surface area contributed by atoms with Gasteiger partial charge in [0.2, 0.25) is 0 Å². The summed E-state index contributed by atoms with van der Waals surface area (Å²) in [5.74, 6) is 0. The molecular formula is C14H23BrN2. The number of nitrogens with zero attached hydrogens (tertiary/aromatic N) is 1. The van der Waals surface area contributed by atoms with Crippen LogP contribution in [0, 0.1) is 6.92 Å². The molecule has 0 heterocycles. The monoisotopic (exact) mass is 298 g/mol. The van der Waals surface area contributed by atoms with Crippen LogP contribution in [0.5, 0.6) is 0 Å². The highest BCUT2D eigenvalue weighted by Crippen LogP contribution is 2.16. The van der Waals surface area contributed by atoms with E-state index in [2.05, 4.69) is 65.1 Å². The third-order valence-corrected chi connectivity index (χ3v) is 3.94. The van der Waals surface area contributed by atoms with Gasteiger partial charge in [-0.25, -0.2) is 0 Å². The molecule has 1 aromatic rings. The van der Waals surface area contributed by atoms with Crippen LogP contribution in [0.25, 0.3) is 0 Å². The molecule has 3 heteroatoms. The van der Waals surface area contributed by atoms with Gasteiger partial charge in [-0.15, -0.1) is 0 Å². The van der Waals surface area contributed by atoms with Crippen molar-refractivity contribution in [3.05, 3.63) is 33.8 Å². The van der Waals surface area contributed by atoms with Crippen molar-refractivity contribution in [3.63, 3.8) is 0 Å². The third kappa shape index (κ3) is 5.19. The van der Waals surface area contributed by atoms with E-state index in [0.717, 1.165) is 32.7 Å². The summed E-state index contributed by atoms with van der Waals surface area (Å²) in [7, 11) is 0. The van der Waals surface area contributed by atoms with Crippen LogP contribution in [-0.2, 0) is 6.54 Å². The van der Waals surface area contributed by atoms with Crippen LogP contribution in [0.3, 0.4) is 0 Å². The maximum absolute atomic E-state index is 3.52. The molecule has 96 valence electrons. The Labute approximate surface area is 114 Å². The lowest BCUT2D eigenvalue weighted by Gasteiger charge is -2.18. The number of hydrogen-bond donors (Lipinski definition) is 1. The molecule has 1 aromatic carbocycles. The average molecular weight is 299 g/mol. The first-order chi connectivity index (χ1) is 8.17. The molecule has 2 nitrogen and oxygen atoms in total. The normalized spacial score (nSPS) is 11.1.